The molecule has 0 saturated carbocycles. The predicted octanol–water partition coefficient (Wildman–Crippen LogP) is -0.856. The lowest BCUT2D eigenvalue weighted by atomic mass is 10.3. The summed E-state index contributed by atoms with van der Waals surface area (Å²) in [6, 6.07) is -0.764. The number of nitrogens with one attached hydrogen (secondary N) is 2. The molecule has 1 rings (SSSR count). The first-order valence-electron chi connectivity index (χ1n) is 5.26. The number of hydrogen-bond acceptors (Lipinski definition) is 5. The number of aromatic nitrogens is 3. The summed E-state index contributed by atoms with van der Waals surface area (Å²) < 4.78 is 1.33. The smallest absolute Gasteiger partial charge is 0.321 e. The van der Waals surface area contributed by atoms with Crippen molar-refractivity contribution < 1.29 is 9.59 Å². The van der Waals surface area contributed by atoms with Gasteiger partial charge in [0.25, 0.3) is 0 Å². The molecular formula is C9H16N6O2. The predicted molar refractivity (Wildman–Crippen MR) is 59.8 cm³/mol. The molecule has 0 aliphatic heterocycles. The Balaban J connectivity index is 2.47. The molecule has 1 unspecified atom stereocenters. The molecule has 1 atom stereocenters. The van der Waals surface area contributed by atoms with E-state index in [1.54, 1.807) is 20.0 Å². The van der Waals surface area contributed by atoms with Crippen LogP contribution in [0.5, 0.6) is 0 Å². The number of rotatable bonds is 4. The average Bonchev–Trinajstić information content (AvgIpc) is 2.66. The second kappa shape index (κ2) is 5.94. The van der Waals surface area contributed by atoms with Crippen LogP contribution in [0.4, 0.5) is 4.79 Å². The third-order valence-corrected chi connectivity index (χ3v) is 1.92. The molecule has 17 heavy (non-hydrogen) atoms. The van der Waals surface area contributed by atoms with Gasteiger partial charge in [0.2, 0.25) is 5.91 Å². The Kier molecular flexibility index (Phi) is 4.58. The van der Waals surface area contributed by atoms with E-state index in [9.17, 15) is 9.59 Å². The Labute approximate surface area is 98.5 Å². The summed E-state index contributed by atoms with van der Waals surface area (Å²) in [5, 5.41) is 12.1. The first kappa shape index (κ1) is 13.1. The Morgan fingerprint density at radius 2 is 2.29 bits per heavy atom. The lowest BCUT2D eigenvalue weighted by Gasteiger charge is -2.03. The topological polar surface area (TPSA) is 115 Å². The van der Waals surface area contributed by atoms with Gasteiger partial charge < -0.3 is 11.1 Å². The second-order valence-electron chi connectivity index (χ2n) is 3.54. The van der Waals surface area contributed by atoms with E-state index >= 15 is 0 Å². The van der Waals surface area contributed by atoms with E-state index in [1.807, 2.05) is 0 Å². The highest BCUT2D eigenvalue weighted by atomic mass is 16.2. The zero-order valence-electron chi connectivity index (χ0n) is 9.80. The quantitative estimate of drug-likeness (QED) is 0.633. The number of urea groups is 1. The first-order chi connectivity index (χ1) is 8.02. The van der Waals surface area contributed by atoms with E-state index in [0.29, 0.717) is 12.2 Å². The fraction of sp³-hybridized carbons (Fsp3) is 0.556. The van der Waals surface area contributed by atoms with Crippen molar-refractivity contribution in [3.8, 4) is 0 Å². The number of carbonyl (C=O) groups is 2. The number of nitrogens with zero attached hydrogens (tertiary/aromatic N) is 3. The molecule has 1 aromatic rings. The summed E-state index contributed by atoms with van der Waals surface area (Å²) in [6.07, 6.45) is 1.57. The minimum Gasteiger partial charge on any atom is -0.338 e. The summed E-state index contributed by atoms with van der Waals surface area (Å²) >= 11 is 0. The van der Waals surface area contributed by atoms with Crippen molar-refractivity contribution in [3.63, 3.8) is 0 Å². The maximum absolute atomic E-state index is 11.4. The molecule has 8 nitrogen and oxygen atoms in total. The number of amides is 3. The number of carbonyl (C=O) groups excluding carboxylic acids is 2. The average molecular weight is 240 g/mol. The molecule has 1 heterocycles. The second-order valence-corrected chi connectivity index (χ2v) is 3.54. The van der Waals surface area contributed by atoms with Crippen LogP contribution in [0.2, 0.25) is 0 Å². The summed E-state index contributed by atoms with van der Waals surface area (Å²) in [6.45, 7) is 3.91. The zero-order chi connectivity index (χ0) is 12.8. The van der Waals surface area contributed by atoms with E-state index in [-0.39, 0.29) is 12.6 Å². The highest BCUT2D eigenvalue weighted by Gasteiger charge is 2.10. The van der Waals surface area contributed by atoms with Crippen molar-refractivity contribution in [3.05, 3.63) is 11.9 Å². The van der Waals surface area contributed by atoms with Gasteiger partial charge in [-0.2, -0.15) is 0 Å². The van der Waals surface area contributed by atoms with Crippen LogP contribution in [-0.4, -0.2) is 33.5 Å². The largest absolute Gasteiger partial charge is 0.338 e. The fourth-order valence-electron chi connectivity index (χ4n) is 1.12. The lowest BCUT2D eigenvalue weighted by molar-refractivity contribution is -0.120. The number of imide groups is 1. The number of hydrogen-bond donors (Lipinski definition) is 3. The molecular weight excluding hydrogens is 224 g/mol. The van der Waals surface area contributed by atoms with E-state index in [2.05, 4.69) is 20.9 Å². The Morgan fingerprint density at radius 1 is 1.59 bits per heavy atom. The third kappa shape index (κ3) is 4.19. The molecule has 8 heteroatoms. The van der Waals surface area contributed by atoms with Crippen LogP contribution >= 0.6 is 0 Å². The Hall–Kier alpha value is -1.96. The van der Waals surface area contributed by atoms with E-state index < -0.39 is 11.9 Å². The third-order valence-electron chi connectivity index (χ3n) is 1.92. The van der Waals surface area contributed by atoms with Crippen LogP contribution in [0, 0.1) is 0 Å². The molecule has 0 aliphatic carbocycles. The van der Waals surface area contributed by atoms with Gasteiger partial charge >= 0.3 is 6.03 Å². The van der Waals surface area contributed by atoms with Gasteiger partial charge in [-0.15, -0.1) is 5.10 Å². The van der Waals surface area contributed by atoms with Crippen molar-refractivity contribution in [2.24, 2.45) is 5.73 Å². The highest BCUT2D eigenvalue weighted by molar-refractivity contribution is 5.94. The van der Waals surface area contributed by atoms with Gasteiger partial charge in [0.15, 0.2) is 0 Å². The standard InChI is InChI=1S/C9H16N6O2/c1-3-11-9(17)12-8(16)5-15-4-7(6(2)10)13-14-15/h4,6H,3,5,10H2,1-2H3,(H2,11,12,16,17). The van der Waals surface area contributed by atoms with Crippen molar-refractivity contribution in [2.45, 2.75) is 26.4 Å². The van der Waals surface area contributed by atoms with Crippen LogP contribution in [0.25, 0.3) is 0 Å². The SMILES string of the molecule is CCNC(=O)NC(=O)Cn1cc(C(C)N)nn1. The molecule has 0 bridgehead atoms. The van der Waals surface area contributed by atoms with Crippen LogP contribution in [0.1, 0.15) is 25.6 Å². The fourth-order valence-corrected chi connectivity index (χ4v) is 1.12. The minimum absolute atomic E-state index is 0.0726. The van der Waals surface area contributed by atoms with Crippen LogP contribution in [0.15, 0.2) is 6.20 Å². The zero-order valence-corrected chi connectivity index (χ0v) is 9.80. The van der Waals surface area contributed by atoms with Gasteiger partial charge in [0.1, 0.15) is 6.54 Å². The van der Waals surface area contributed by atoms with Crippen LogP contribution in [0.3, 0.4) is 0 Å². The van der Waals surface area contributed by atoms with Crippen molar-refractivity contribution in [1.82, 2.24) is 25.6 Å². The molecule has 0 saturated heterocycles. The Bertz CT molecular complexity index is 400. The van der Waals surface area contributed by atoms with Gasteiger partial charge in [-0.05, 0) is 13.8 Å². The monoisotopic (exact) mass is 240 g/mol. The van der Waals surface area contributed by atoms with E-state index in [4.69, 9.17) is 5.73 Å². The normalized spacial score (nSPS) is 11.9. The van der Waals surface area contributed by atoms with Crippen LogP contribution < -0.4 is 16.4 Å². The van der Waals surface area contributed by atoms with Crippen molar-refractivity contribution in [1.29, 1.82) is 0 Å². The molecule has 0 fully saturated rings. The summed E-state index contributed by atoms with van der Waals surface area (Å²) in [5.74, 6) is -0.461. The van der Waals surface area contributed by atoms with Gasteiger partial charge in [-0.1, -0.05) is 5.21 Å². The molecule has 3 amide bonds. The van der Waals surface area contributed by atoms with Gasteiger partial charge in [0.05, 0.1) is 11.9 Å². The van der Waals surface area contributed by atoms with Crippen molar-refractivity contribution >= 4 is 11.9 Å². The molecule has 0 aliphatic rings. The summed E-state index contributed by atoms with van der Waals surface area (Å²) in [4.78, 5) is 22.4. The number of nitrogens with two attached hydrogens (primary N) is 1. The maximum Gasteiger partial charge on any atom is 0.321 e. The minimum atomic E-state index is -0.523. The molecule has 0 radical (unpaired) electrons. The van der Waals surface area contributed by atoms with Crippen LogP contribution in [-0.2, 0) is 11.3 Å². The molecule has 94 valence electrons. The lowest BCUT2D eigenvalue weighted by Crippen LogP contribution is -2.40. The van der Waals surface area contributed by atoms with Gasteiger partial charge in [-0.25, -0.2) is 9.48 Å². The Morgan fingerprint density at radius 3 is 2.82 bits per heavy atom. The van der Waals surface area contributed by atoms with Crippen molar-refractivity contribution in [2.75, 3.05) is 6.54 Å². The molecule has 0 aromatic carbocycles. The molecule has 0 spiro atoms. The summed E-state index contributed by atoms with van der Waals surface area (Å²) in [7, 11) is 0. The molecule has 4 N–H and O–H groups in total. The van der Waals surface area contributed by atoms with Gasteiger partial charge in [-0.3, -0.25) is 10.1 Å². The highest BCUT2D eigenvalue weighted by Crippen LogP contribution is 2.02. The van der Waals surface area contributed by atoms with E-state index in [1.165, 1.54) is 4.68 Å². The maximum atomic E-state index is 11.4. The molecule has 1 aromatic heterocycles. The summed E-state index contributed by atoms with van der Waals surface area (Å²) in [5.41, 5.74) is 6.19. The van der Waals surface area contributed by atoms with E-state index in [0.717, 1.165) is 0 Å². The van der Waals surface area contributed by atoms with Gasteiger partial charge in [0, 0.05) is 12.6 Å². The first-order valence-corrected chi connectivity index (χ1v) is 5.26.